The molecule has 0 saturated heterocycles. The summed E-state index contributed by atoms with van der Waals surface area (Å²) in [5.41, 5.74) is 66.4. The topological polar surface area (TPSA) is 0 Å². The Bertz CT molecular complexity index is 1520. The van der Waals surface area contributed by atoms with Gasteiger partial charge in [0.05, 0.1) is 0 Å². The molecule has 8 heteroatoms. The fourth-order valence-corrected chi connectivity index (χ4v) is 34.4. The minimum Gasteiger partial charge on any atom is -0.122 e. The van der Waals surface area contributed by atoms with Crippen LogP contribution in [0.1, 0.15) is 111 Å². The lowest BCUT2D eigenvalue weighted by Gasteiger charge is -2.31. The molecule has 0 bridgehead atoms. The molecule has 1 aliphatic heterocycles. The van der Waals surface area contributed by atoms with Gasteiger partial charge >= 0.3 is 0 Å². The van der Waals surface area contributed by atoms with Crippen molar-refractivity contribution in [3.8, 4) is 88.7 Å². The predicted octanol–water partition coefficient (Wildman–Crippen LogP) is 12.6. The first-order chi connectivity index (χ1) is 25.2. The molecule has 0 spiro atoms. The van der Waals surface area contributed by atoms with Crippen LogP contribution in [0.2, 0.25) is 96.7 Å². The zero-order chi connectivity index (χ0) is 43.9. The number of hydrogen-bond acceptors (Lipinski definition) is 0. The summed E-state index contributed by atoms with van der Waals surface area (Å²) in [6.07, 6.45) is 0. The van der Waals surface area contributed by atoms with Gasteiger partial charge in [0.15, 0.2) is 0 Å². The van der Waals surface area contributed by atoms with E-state index in [1.54, 1.807) is 0 Å². The van der Waals surface area contributed by atoms with Gasteiger partial charge in [-0.15, -0.1) is 88.7 Å². The van der Waals surface area contributed by atoms with E-state index in [4.69, 9.17) is 0 Å². The molecule has 0 unspecified atom stereocenters. The maximum atomic E-state index is 4.00. The fourth-order valence-electron chi connectivity index (χ4n) is 7.30. The SMILES string of the molecule is CC(C)[Si]1(C(C)C)C#C[Si](C)(C)C#C[Si](C(C)C)(C(C)C)C#C[Si](C)(C)C#C[Si](C(C)C)(C(C)C)C#C[Si](C)(C)C#C[Si](C(C)C)(C(C)C)C#C[Si](C)(C)C#C1. The second-order valence-corrected chi connectivity index (χ2v) is 54.4. The van der Waals surface area contributed by atoms with Gasteiger partial charge in [-0.1, -0.05) is 111 Å². The van der Waals surface area contributed by atoms with Crippen molar-refractivity contribution in [3.05, 3.63) is 0 Å². The third-order valence-electron chi connectivity index (χ3n) is 11.9. The molecule has 0 fully saturated rings. The summed E-state index contributed by atoms with van der Waals surface area (Å²) in [6.45, 7) is 56.2. The summed E-state index contributed by atoms with van der Waals surface area (Å²) in [7, 11) is -18.4. The monoisotopic (exact) mass is 880 g/mol. The Balaban J connectivity index is 4.67. The Hall–Kier alpha value is -1.78. The van der Waals surface area contributed by atoms with Crippen LogP contribution in [0, 0.1) is 88.7 Å². The van der Waals surface area contributed by atoms with Crippen molar-refractivity contribution in [2.45, 2.75) is 207 Å². The highest BCUT2D eigenvalue weighted by Crippen LogP contribution is 2.35. The molecule has 0 aliphatic carbocycles. The Morgan fingerprint density at radius 1 is 0.179 bits per heavy atom. The summed E-state index contributed by atoms with van der Waals surface area (Å²) >= 11 is 0. The van der Waals surface area contributed by atoms with Gasteiger partial charge in [0.1, 0.15) is 0 Å². The van der Waals surface area contributed by atoms with E-state index in [1.165, 1.54) is 0 Å². The van der Waals surface area contributed by atoms with Crippen LogP contribution in [0.5, 0.6) is 0 Å². The van der Waals surface area contributed by atoms with Crippen molar-refractivity contribution < 1.29 is 0 Å². The molecule has 304 valence electrons. The smallest absolute Gasteiger partial charge is 0.122 e. The quantitative estimate of drug-likeness (QED) is 0.168. The molecule has 0 atom stereocenters. The van der Waals surface area contributed by atoms with Crippen LogP contribution in [0.3, 0.4) is 0 Å². The molecular formula is C48H80Si8. The molecule has 0 radical (unpaired) electrons. The Morgan fingerprint density at radius 2 is 0.268 bits per heavy atom. The van der Waals surface area contributed by atoms with Crippen LogP contribution in [0.4, 0.5) is 0 Å². The molecule has 0 aromatic rings. The van der Waals surface area contributed by atoms with Gasteiger partial charge in [-0.05, 0) is 96.7 Å². The van der Waals surface area contributed by atoms with E-state index in [0.29, 0.717) is 44.3 Å². The van der Waals surface area contributed by atoms with Gasteiger partial charge in [-0.25, -0.2) is 0 Å². The average Bonchev–Trinajstić information content (AvgIpc) is 3.03. The summed E-state index contributed by atoms with van der Waals surface area (Å²) in [5.74, 6) is 0. The van der Waals surface area contributed by atoms with E-state index in [9.17, 15) is 0 Å². The summed E-state index contributed by atoms with van der Waals surface area (Å²) < 4.78 is 0. The van der Waals surface area contributed by atoms with Crippen molar-refractivity contribution in [1.29, 1.82) is 0 Å². The van der Waals surface area contributed by atoms with E-state index in [2.05, 4.69) is 252 Å². The molecule has 0 saturated carbocycles. The maximum absolute atomic E-state index is 4.00. The average molecular weight is 882 g/mol. The third kappa shape index (κ3) is 13.1. The van der Waals surface area contributed by atoms with Gasteiger partial charge in [-0.3, -0.25) is 0 Å². The van der Waals surface area contributed by atoms with Gasteiger partial charge in [-0.2, -0.15) is 0 Å². The zero-order valence-electron chi connectivity index (χ0n) is 40.6. The molecule has 0 nitrogen and oxygen atoms in total. The molecular weight excluding hydrogens is 801 g/mol. The Kier molecular flexibility index (Phi) is 18.2. The van der Waals surface area contributed by atoms with E-state index in [1.807, 2.05) is 0 Å². The highest BCUT2D eigenvalue weighted by Gasteiger charge is 2.43. The normalized spacial score (nSPS) is 21.1. The molecule has 1 aliphatic rings. The first-order valence-electron chi connectivity index (χ1n) is 21.5. The molecule has 0 aromatic heterocycles. The van der Waals surface area contributed by atoms with Crippen molar-refractivity contribution in [2.24, 2.45) is 0 Å². The van der Waals surface area contributed by atoms with Gasteiger partial charge in [0, 0.05) is 0 Å². The van der Waals surface area contributed by atoms with Crippen LogP contribution in [0.15, 0.2) is 0 Å². The first-order valence-corrected chi connectivity index (χ1v) is 42.2. The van der Waals surface area contributed by atoms with Crippen LogP contribution in [0.25, 0.3) is 0 Å². The number of rotatable bonds is 8. The Labute approximate surface area is 358 Å². The molecule has 56 heavy (non-hydrogen) atoms. The lowest BCUT2D eigenvalue weighted by molar-refractivity contribution is 0.934. The second-order valence-electron chi connectivity index (χ2n) is 21.2. The fraction of sp³-hybridized carbons (Fsp3) is 0.667. The first kappa shape index (κ1) is 52.2. The Morgan fingerprint density at radius 3 is 0.339 bits per heavy atom. The molecule has 0 amide bonds. The molecule has 1 rings (SSSR count). The van der Waals surface area contributed by atoms with Crippen molar-refractivity contribution >= 4 is 64.6 Å². The second kappa shape index (κ2) is 19.5. The summed E-state index contributed by atoms with van der Waals surface area (Å²) in [6, 6.07) is 0. The van der Waals surface area contributed by atoms with Crippen molar-refractivity contribution in [3.63, 3.8) is 0 Å². The standard InChI is InChI=1S/C48H80Si8/c1-41(2)53(42(3)4)33-25-49(17,18)27-35-54(43(5)6,44(7)8)37-29-51(21,22)31-39-56(47(13)14,48(15)16)40-32-52(23,24)30-38-55(45(9)10,46(11)12)36-28-50(19,20)26-34-53/h41-48H,1-24H3. The molecule has 1 heterocycles. The summed E-state index contributed by atoms with van der Waals surface area (Å²) in [5, 5.41) is 0. The molecule has 0 aromatic carbocycles. The highest BCUT2D eigenvalue weighted by molar-refractivity contribution is 7.05. The summed E-state index contributed by atoms with van der Waals surface area (Å²) in [4.78, 5) is 0. The third-order valence-corrected chi connectivity index (χ3v) is 38.8. The zero-order valence-corrected chi connectivity index (χ0v) is 48.6. The molecule has 0 N–H and O–H groups in total. The lowest BCUT2D eigenvalue weighted by Crippen LogP contribution is -2.43. The van der Waals surface area contributed by atoms with E-state index >= 15 is 0 Å². The van der Waals surface area contributed by atoms with E-state index in [0.717, 1.165) is 0 Å². The van der Waals surface area contributed by atoms with Crippen LogP contribution >= 0.6 is 0 Å². The highest BCUT2D eigenvalue weighted by atomic mass is 28.3. The largest absolute Gasteiger partial charge is 0.220 e. The van der Waals surface area contributed by atoms with Gasteiger partial charge < -0.3 is 0 Å². The lowest BCUT2D eigenvalue weighted by atomic mass is 10.5. The predicted molar refractivity (Wildman–Crippen MR) is 276 cm³/mol. The van der Waals surface area contributed by atoms with E-state index in [-0.39, 0.29) is 0 Å². The van der Waals surface area contributed by atoms with Gasteiger partial charge in [0.25, 0.3) is 0 Å². The maximum Gasteiger partial charge on any atom is 0.220 e. The van der Waals surface area contributed by atoms with Crippen LogP contribution in [-0.2, 0) is 0 Å². The van der Waals surface area contributed by atoms with Crippen molar-refractivity contribution in [1.82, 2.24) is 0 Å². The van der Waals surface area contributed by atoms with Gasteiger partial charge in [0.2, 0.25) is 64.6 Å². The minimum absolute atomic E-state index is 0.405. The van der Waals surface area contributed by atoms with Crippen LogP contribution in [-0.4, -0.2) is 64.6 Å². The van der Waals surface area contributed by atoms with E-state index < -0.39 is 64.6 Å². The van der Waals surface area contributed by atoms with Crippen molar-refractivity contribution in [2.75, 3.05) is 0 Å². The van der Waals surface area contributed by atoms with Crippen LogP contribution < -0.4 is 0 Å². The minimum atomic E-state index is -2.36. The number of hydrogen-bond donors (Lipinski definition) is 0.